The Morgan fingerprint density at radius 1 is 0.207 bits per heavy atom. The van der Waals surface area contributed by atoms with Crippen molar-refractivity contribution in [2.45, 2.75) is 98.3 Å². The summed E-state index contributed by atoms with van der Waals surface area (Å²) in [4.78, 5) is 16.8. The van der Waals surface area contributed by atoms with Crippen molar-refractivity contribution >= 4 is 56.2 Å². The van der Waals surface area contributed by atoms with E-state index in [1.807, 2.05) is 54.6 Å². The third kappa shape index (κ3) is 17.5. The fourth-order valence-electron chi connectivity index (χ4n) is 9.27. The van der Waals surface area contributed by atoms with Gasteiger partial charge in [-0.05, 0) is 241 Å². The molecular formula is C79H71O3S5+3. The summed E-state index contributed by atoms with van der Waals surface area (Å²) < 4.78 is 16.7. The van der Waals surface area contributed by atoms with E-state index in [1.165, 1.54) is 91.5 Å². The summed E-state index contributed by atoms with van der Waals surface area (Å²) in [5.74, 6) is 3.44. The summed E-state index contributed by atoms with van der Waals surface area (Å²) in [7, 11) is 2.94. The first-order chi connectivity index (χ1) is 42.5. The number of aryl methyl sites for hydroxylation is 5. The second kappa shape index (κ2) is 30.9. The molecule has 0 saturated carbocycles. The number of rotatable bonds is 17. The predicted octanol–water partition coefficient (Wildman–Crippen LogP) is 22.0. The molecule has 432 valence electrons. The molecule has 12 aromatic rings. The van der Waals surface area contributed by atoms with Crippen LogP contribution in [0, 0.1) is 34.6 Å². The molecule has 87 heavy (non-hydrogen) atoms. The average Bonchev–Trinajstić information content (AvgIpc) is 2.58. The van der Waals surface area contributed by atoms with Gasteiger partial charge in [0.15, 0.2) is 44.1 Å². The van der Waals surface area contributed by atoms with Gasteiger partial charge in [0.1, 0.15) is 23.0 Å². The van der Waals surface area contributed by atoms with E-state index >= 15 is 0 Å². The third-order valence-corrected chi connectivity index (χ3v) is 22.7. The molecule has 0 saturated heterocycles. The van der Waals surface area contributed by atoms with Crippen molar-refractivity contribution in [2.24, 2.45) is 0 Å². The Hall–Kier alpha value is -8.21. The van der Waals surface area contributed by atoms with Crippen molar-refractivity contribution in [3.8, 4) is 23.0 Å². The molecule has 0 unspecified atom stereocenters. The average molecular weight is 1230 g/mol. The number of para-hydroxylation sites is 1. The minimum atomic E-state index is -0.213. The Morgan fingerprint density at radius 2 is 0.402 bits per heavy atom. The summed E-state index contributed by atoms with van der Waals surface area (Å²) in [5, 5.41) is 0. The van der Waals surface area contributed by atoms with Crippen LogP contribution < -0.4 is 14.2 Å². The Kier molecular flexibility index (Phi) is 22.0. The van der Waals surface area contributed by atoms with E-state index in [-0.39, 0.29) is 32.7 Å². The molecule has 0 spiro atoms. The maximum absolute atomic E-state index is 5.96. The molecule has 3 nitrogen and oxygen atoms in total. The van der Waals surface area contributed by atoms with Crippen molar-refractivity contribution in [3.63, 3.8) is 0 Å². The number of hydrogen-bond acceptors (Lipinski definition) is 5. The van der Waals surface area contributed by atoms with Gasteiger partial charge in [-0.2, -0.15) is 0 Å². The molecule has 0 aliphatic carbocycles. The van der Waals surface area contributed by atoms with Crippen LogP contribution in [-0.2, 0) is 32.7 Å². The summed E-state index contributed by atoms with van der Waals surface area (Å²) in [6.45, 7) is 10.7. The van der Waals surface area contributed by atoms with Gasteiger partial charge in [0.25, 0.3) is 0 Å². The molecule has 0 aromatic heterocycles. The lowest BCUT2D eigenvalue weighted by Crippen LogP contribution is -2.05. The zero-order valence-electron chi connectivity index (χ0n) is 50.1. The summed E-state index contributed by atoms with van der Waals surface area (Å²) in [6.07, 6.45) is 0. The quantitative estimate of drug-likeness (QED) is 0.0847. The monoisotopic (exact) mass is 1230 g/mol. The Balaban J connectivity index is 0.000000145. The molecule has 0 N–H and O–H groups in total. The molecule has 0 fully saturated rings. The lowest BCUT2D eigenvalue weighted by atomic mass is 10.2. The lowest BCUT2D eigenvalue weighted by molar-refractivity contribution is 0.414. The second-order valence-corrected chi connectivity index (χ2v) is 29.1. The minimum absolute atomic E-state index is 0.0952. The van der Waals surface area contributed by atoms with E-state index in [0.29, 0.717) is 0 Å². The summed E-state index contributed by atoms with van der Waals surface area (Å²) in [5.41, 5.74) is 6.44. The van der Waals surface area contributed by atoms with Crippen molar-refractivity contribution < 1.29 is 14.2 Å². The molecule has 0 atom stereocenters. The number of hydrogen-bond donors (Lipinski definition) is 0. The summed E-state index contributed by atoms with van der Waals surface area (Å²) in [6, 6.07) is 108. The van der Waals surface area contributed by atoms with Gasteiger partial charge in [-0.15, -0.1) is 0 Å². The van der Waals surface area contributed by atoms with Gasteiger partial charge in [0.2, 0.25) is 0 Å². The van der Waals surface area contributed by atoms with E-state index < -0.39 is 0 Å². The fourth-order valence-corrected chi connectivity index (χ4v) is 17.0. The minimum Gasteiger partial charge on any atom is -0.497 e. The van der Waals surface area contributed by atoms with Crippen molar-refractivity contribution in [1.29, 1.82) is 0 Å². The molecule has 0 aliphatic rings. The van der Waals surface area contributed by atoms with E-state index in [1.54, 1.807) is 37.7 Å². The van der Waals surface area contributed by atoms with Crippen LogP contribution in [0.4, 0.5) is 0 Å². The highest BCUT2D eigenvalue weighted by molar-refractivity contribution is 8.00. The van der Waals surface area contributed by atoms with Gasteiger partial charge >= 0.3 is 0 Å². The maximum atomic E-state index is 5.96. The molecule has 0 radical (unpaired) electrons. The smallest absolute Gasteiger partial charge is 0.166 e. The highest BCUT2D eigenvalue weighted by Crippen LogP contribution is 2.38. The van der Waals surface area contributed by atoms with Gasteiger partial charge in [-0.25, -0.2) is 0 Å². The number of benzene rings is 12. The number of methoxy groups -OCH3 is 2. The molecule has 0 amide bonds. The van der Waals surface area contributed by atoms with E-state index in [2.05, 4.69) is 283 Å². The second-order valence-electron chi connectivity index (χ2n) is 20.7. The molecule has 0 bridgehead atoms. The third-order valence-electron chi connectivity index (χ3n) is 14.0. The van der Waals surface area contributed by atoms with Gasteiger partial charge in [0.05, 0.1) is 46.9 Å². The molecule has 0 heterocycles. The van der Waals surface area contributed by atoms with E-state index in [9.17, 15) is 0 Å². The van der Waals surface area contributed by atoms with Crippen LogP contribution in [0.3, 0.4) is 0 Å². The zero-order valence-corrected chi connectivity index (χ0v) is 54.2. The van der Waals surface area contributed by atoms with Crippen LogP contribution in [-0.4, -0.2) is 14.2 Å². The Morgan fingerprint density at radius 3 is 0.678 bits per heavy atom. The molecular weight excluding hydrogens is 1160 g/mol. The Labute approximate surface area is 532 Å². The normalized spacial score (nSPS) is 10.9. The van der Waals surface area contributed by atoms with Crippen LogP contribution in [0.1, 0.15) is 27.8 Å². The van der Waals surface area contributed by atoms with Crippen molar-refractivity contribution in [1.82, 2.24) is 0 Å². The first-order valence-electron chi connectivity index (χ1n) is 28.8. The SMILES string of the molecule is COc1ccc([S+](c2ccc(OC)cc2)c2ccc(Sc3ccc(C)cc3)cc2)cc1.Cc1ccc([S+](c2ccc(C)cc2)c2ccc(Oc3ccccc3)cc2)cc1.Cc1ccc([S+](c2ccc(C)cc2)c2ccc(Sc3ccccc3)cc2)cc1. The number of ether oxygens (including phenoxy) is 3. The van der Waals surface area contributed by atoms with Gasteiger partial charge in [0, 0.05) is 19.6 Å². The van der Waals surface area contributed by atoms with E-state index in [4.69, 9.17) is 14.2 Å². The van der Waals surface area contributed by atoms with Crippen LogP contribution in [0.5, 0.6) is 23.0 Å². The van der Waals surface area contributed by atoms with Gasteiger partial charge in [-0.1, -0.05) is 148 Å². The van der Waals surface area contributed by atoms with Gasteiger partial charge in [-0.3, -0.25) is 0 Å². The van der Waals surface area contributed by atoms with Crippen LogP contribution >= 0.6 is 23.5 Å². The molecule has 8 heteroatoms. The summed E-state index contributed by atoms with van der Waals surface area (Å²) >= 11 is 3.59. The van der Waals surface area contributed by atoms with Crippen LogP contribution in [0.2, 0.25) is 0 Å². The topological polar surface area (TPSA) is 27.7 Å². The lowest BCUT2D eigenvalue weighted by Gasteiger charge is -2.10. The zero-order chi connectivity index (χ0) is 60.3. The van der Waals surface area contributed by atoms with Crippen molar-refractivity contribution in [2.75, 3.05) is 14.2 Å². The van der Waals surface area contributed by atoms with Crippen molar-refractivity contribution in [3.05, 3.63) is 331 Å². The van der Waals surface area contributed by atoms with Crippen LogP contribution in [0.25, 0.3) is 0 Å². The Bertz CT molecular complexity index is 3680. The largest absolute Gasteiger partial charge is 0.497 e. The first-order valence-corrected chi connectivity index (χ1v) is 34.1. The fraction of sp³-hybridized carbons (Fsp3) is 0.0886. The van der Waals surface area contributed by atoms with Gasteiger partial charge < -0.3 is 14.2 Å². The highest BCUT2D eigenvalue weighted by atomic mass is 32.2. The first kappa shape index (κ1) is 61.9. The maximum Gasteiger partial charge on any atom is 0.166 e. The molecule has 0 aliphatic heterocycles. The van der Waals surface area contributed by atoms with E-state index in [0.717, 1.165) is 23.0 Å². The molecule has 12 aromatic carbocycles. The van der Waals surface area contributed by atoms with Crippen LogP contribution in [0.15, 0.2) is 367 Å². The molecule has 12 rings (SSSR count). The predicted molar refractivity (Wildman–Crippen MR) is 369 cm³/mol. The standard InChI is InChI=1S/C27H25O2S2.C26H23OS.C26H23S2/c1-20-4-10-23(11-5-20)30-24-12-18-27(19-13-24)31(25-14-6-21(28-2)7-15-25)26-16-8-22(29-3)9-17-26;2*1-20-8-14-24(15-9-20)28(25-16-10-21(2)11-17-25)26-18-12-23(13-19-26)27-22-6-4-3-5-7-22/h4-19H,1-3H3;2*3-19H,1-2H3/q3*+1. The highest BCUT2D eigenvalue weighted by Gasteiger charge is 2.31.